The SMILES string of the molecule is CC1CN(C(=O)c2cccc(C#N)c2)CCN1C. The molecule has 1 aromatic carbocycles. The summed E-state index contributed by atoms with van der Waals surface area (Å²) in [4.78, 5) is 16.4. The summed E-state index contributed by atoms with van der Waals surface area (Å²) in [5.74, 6) is 0.0204. The van der Waals surface area contributed by atoms with Crippen molar-refractivity contribution in [2.75, 3.05) is 26.7 Å². The molecular weight excluding hydrogens is 226 g/mol. The summed E-state index contributed by atoms with van der Waals surface area (Å²) in [7, 11) is 2.07. The van der Waals surface area contributed by atoms with Crippen molar-refractivity contribution in [3.63, 3.8) is 0 Å². The molecule has 4 nitrogen and oxygen atoms in total. The molecule has 2 rings (SSSR count). The van der Waals surface area contributed by atoms with Gasteiger partial charge in [0.1, 0.15) is 0 Å². The van der Waals surface area contributed by atoms with Gasteiger partial charge in [-0.2, -0.15) is 5.26 Å². The summed E-state index contributed by atoms with van der Waals surface area (Å²) >= 11 is 0. The van der Waals surface area contributed by atoms with Crippen molar-refractivity contribution in [2.45, 2.75) is 13.0 Å². The molecule has 1 aromatic rings. The Morgan fingerprint density at radius 3 is 2.89 bits per heavy atom. The van der Waals surface area contributed by atoms with Crippen LogP contribution in [0.25, 0.3) is 0 Å². The third-order valence-electron chi connectivity index (χ3n) is 3.49. The van der Waals surface area contributed by atoms with Crippen molar-refractivity contribution in [3.05, 3.63) is 35.4 Å². The minimum Gasteiger partial charge on any atom is -0.336 e. The van der Waals surface area contributed by atoms with E-state index in [2.05, 4.69) is 24.9 Å². The first kappa shape index (κ1) is 12.6. The third kappa shape index (κ3) is 2.52. The molecule has 4 heteroatoms. The second-order valence-corrected chi connectivity index (χ2v) is 4.77. The minimum absolute atomic E-state index is 0.0204. The monoisotopic (exact) mass is 243 g/mol. The van der Waals surface area contributed by atoms with Crippen LogP contribution >= 0.6 is 0 Å². The van der Waals surface area contributed by atoms with Gasteiger partial charge in [0.25, 0.3) is 5.91 Å². The highest BCUT2D eigenvalue weighted by Gasteiger charge is 2.24. The molecule has 0 radical (unpaired) electrons. The first-order valence-corrected chi connectivity index (χ1v) is 6.11. The summed E-state index contributed by atoms with van der Waals surface area (Å²) in [5, 5.41) is 8.85. The standard InChI is InChI=1S/C14H17N3O/c1-11-10-17(7-6-16(11)2)14(18)13-5-3-4-12(8-13)9-15/h3-5,8,11H,6-7,10H2,1-2H3. The third-order valence-corrected chi connectivity index (χ3v) is 3.49. The van der Waals surface area contributed by atoms with Gasteiger partial charge in [-0.15, -0.1) is 0 Å². The van der Waals surface area contributed by atoms with Gasteiger partial charge in [0.15, 0.2) is 0 Å². The van der Waals surface area contributed by atoms with E-state index in [0.717, 1.165) is 19.6 Å². The summed E-state index contributed by atoms with van der Waals surface area (Å²) in [6.07, 6.45) is 0. The lowest BCUT2D eigenvalue weighted by Gasteiger charge is -2.37. The molecule has 1 aliphatic rings. The average Bonchev–Trinajstić information content (AvgIpc) is 2.41. The molecule has 1 aliphatic heterocycles. The van der Waals surface area contributed by atoms with Crippen LogP contribution in [0.15, 0.2) is 24.3 Å². The highest BCUT2D eigenvalue weighted by Crippen LogP contribution is 2.12. The molecule has 0 aromatic heterocycles. The van der Waals surface area contributed by atoms with E-state index in [1.807, 2.05) is 4.90 Å². The first-order chi connectivity index (χ1) is 8.61. The van der Waals surface area contributed by atoms with Gasteiger partial charge in [0.2, 0.25) is 0 Å². The van der Waals surface area contributed by atoms with Gasteiger partial charge in [-0.3, -0.25) is 4.79 Å². The minimum atomic E-state index is 0.0204. The molecule has 0 aliphatic carbocycles. The Kier molecular flexibility index (Phi) is 3.63. The largest absolute Gasteiger partial charge is 0.336 e. The zero-order valence-electron chi connectivity index (χ0n) is 10.8. The quantitative estimate of drug-likeness (QED) is 0.747. The van der Waals surface area contributed by atoms with E-state index in [4.69, 9.17) is 5.26 Å². The molecule has 1 saturated heterocycles. The summed E-state index contributed by atoms with van der Waals surface area (Å²) in [6.45, 7) is 4.50. The van der Waals surface area contributed by atoms with E-state index in [1.165, 1.54) is 0 Å². The number of nitrogens with zero attached hydrogens (tertiary/aromatic N) is 3. The van der Waals surface area contributed by atoms with E-state index < -0.39 is 0 Å². The predicted octanol–water partition coefficient (Wildman–Crippen LogP) is 1.33. The Balaban J connectivity index is 2.14. The number of hydrogen-bond donors (Lipinski definition) is 0. The van der Waals surface area contributed by atoms with Crippen LogP contribution in [0.1, 0.15) is 22.8 Å². The molecule has 0 bridgehead atoms. The Bertz CT molecular complexity index is 492. The van der Waals surface area contributed by atoms with Crippen LogP contribution < -0.4 is 0 Å². The van der Waals surface area contributed by atoms with Gasteiger partial charge in [-0.05, 0) is 32.2 Å². The number of carbonyl (C=O) groups excluding carboxylic acids is 1. The highest BCUT2D eigenvalue weighted by molar-refractivity contribution is 5.94. The van der Waals surface area contributed by atoms with Crippen molar-refractivity contribution in [1.29, 1.82) is 5.26 Å². The number of hydrogen-bond acceptors (Lipinski definition) is 3. The van der Waals surface area contributed by atoms with E-state index in [1.54, 1.807) is 24.3 Å². The lowest BCUT2D eigenvalue weighted by molar-refractivity contribution is 0.0572. The summed E-state index contributed by atoms with van der Waals surface area (Å²) in [5.41, 5.74) is 1.13. The van der Waals surface area contributed by atoms with E-state index in [9.17, 15) is 4.79 Å². The number of nitriles is 1. The predicted molar refractivity (Wildman–Crippen MR) is 69.2 cm³/mol. The van der Waals surface area contributed by atoms with Crippen LogP contribution in [0.5, 0.6) is 0 Å². The van der Waals surface area contributed by atoms with E-state index in [-0.39, 0.29) is 5.91 Å². The van der Waals surface area contributed by atoms with Crippen LogP contribution in [0.3, 0.4) is 0 Å². The molecular formula is C14H17N3O. The van der Waals surface area contributed by atoms with Crippen molar-refractivity contribution in [3.8, 4) is 6.07 Å². The fraction of sp³-hybridized carbons (Fsp3) is 0.429. The van der Waals surface area contributed by atoms with Crippen molar-refractivity contribution < 1.29 is 4.79 Å². The maximum atomic E-state index is 12.3. The normalized spacial score (nSPS) is 20.5. The second kappa shape index (κ2) is 5.19. The topological polar surface area (TPSA) is 47.3 Å². The zero-order valence-corrected chi connectivity index (χ0v) is 10.8. The average molecular weight is 243 g/mol. The van der Waals surface area contributed by atoms with E-state index >= 15 is 0 Å². The molecule has 0 N–H and O–H groups in total. The van der Waals surface area contributed by atoms with Crippen LogP contribution in [0.4, 0.5) is 0 Å². The molecule has 94 valence electrons. The van der Waals surface area contributed by atoms with Crippen molar-refractivity contribution in [1.82, 2.24) is 9.80 Å². The van der Waals surface area contributed by atoms with Gasteiger partial charge >= 0.3 is 0 Å². The molecule has 1 unspecified atom stereocenters. The van der Waals surface area contributed by atoms with Crippen molar-refractivity contribution in [2.24, 2.45) is 0 Å². The molecule has 0 spiro atoms. The molecule has 1 amide bonds. The van der Waals surface area contributed by atoms with Crippen LogP contribution in [0, 0.1) is 11.3 Å². The number of piperazine rings is 1. The van der Waals surface area contributed by atoms with Gasteiger partial charge in [0, 0.05) is 31.2 Å². The van der Waals surface area contributed by atoms with Crippen molar-refractivity contribution >= 4 is 5.91 Å². The number of likely N-dealkylation sites (N-methyl/N-ethyl adjacent to an activating group) is 1. The molecule has 1 atom stereocenters. The first-order valence-electron chi connectivity index (χ1n) is 6.11. The maximum absolute atomic E-state index is 12.3. The maximum Gasteiger partial charge on any atom is 0.253 e. The van der Waals surface area contributed by atoms with Gasteiger partial charge in [0.05, 0.1) is 11.6 Å². The smallest absolute Gasteiger partial charge is 0.253 e. The Morgan fingerprint density at radius 1 is 1.44 bits per heavy atom. The Morgan fingerprint density at radius 2 is 2.22 bits per heavy atom. The van der Waals surface area contributed by atoms with Gasteiger partial charge < -0.3 is 9.80 Å². The zero-order chi connectivity index (χ0) is 13.1. The number of carbonyl (C=O) groups is 1. The lowest BCUT2D eigenvalue weighted by atomic mass is 10.1. The van der Waals surface area contributed by atoms with Gasteiger partial charge in [-0.1, -0.05) is 6.07 Å². The van der Waals surface area contributed by atoms with Gasteiger partial charge in [-0.25, -0.2) is 0 Å². The van der Waals surface area contributed by atoms with Crippen LogP contribution in [-0.4, -0.2) is 48.4 Å². The van der Waals surface area contributed by atoms with Crippen LogP contribution in [0.2, 0.25) is 0 Å². The fourth-order valence-corrected chi connectivity index (χ4v) is 2.14. The Labute approximate surface area is 107 Å². The molecule has 1 heterocycles. The summed E-state index contributed by atoms with van der Waals surface area (Å²) in [6, 6.07) is 9.33. The number of rotatable bonds is 1. The second-order valence-electron chi connectivity index (χ2n) is 4.77. The molecule has 1 fully saturated rings. The highest BCUT2D eigenvalue weighted by atomic mass is 16.2. The fourth-order valence-electron chi connectivity index (χ4n) is 2.14. The lowest BCUT2D eigenvalue weighted by Crippen LogP contribution is -2.52. The number of benzene rings is 1. The van der Waals surface area contributed by atoms with Crippen LogP contribution in [-0.2, 0) is 0 Å². The Hall–Kier alpha value is -1.86. The molecule has 0 saturated carbocycles. The molecule has 18 heavy (non-hydrogen) atoms. The van der Waals surface area contributed by atoms with E-state index in [0.29, 0.717) is 17.2 Å². The number of amides is 1. The summed E-state index contributed by atoms with van der Waals surface area (Å²) < 4.78 is 0.